The molecular formula is C10H8BrCl4N3O. The van der Waals surface area contributed by atoms with E-state index in [1.54, 1.807) is 12.1 Å². The minimum atomic E-state index is -1.97. The molecule has 0 aromatic carbocycles. The lowest BCUT2D eigenvalue weighted by molar-refractivity contribution is 0.0557. The molecule has 1 aromatic rings. The average Bonchev–Trinajstić information content (AvgIpc) is 2.68. The van der Waals surface area contributed by atoms with Crippen LogP contribution in [0.2, 0.25) is 5.02 Å². The van der Waals surface area contributed by atoms with Crippen LogP contribution in [0.5, 0.6) is 0 Å². The quantitative estimate of drug-likeness (QED) is 0.759. The van der Waals surface area contributed by atoms with Gasteiger partial charge < -0.3 is 5.11 Å². The van der Waals surface area contributed by atoms with Crippen molar-refractivity contribution in [1.82, 2.24) is 4.98 Å². The number of nitrogens with zero attached hydrogens (tertiary/aromatic N) is 3. The smallest absolute Gasteiger partial charge is 0.239 e. The Morgan fingerprint density at radius 1 is 1.47 bits per heavy atom. The Kier molecular flexibility index (Phi) is 4.55. The molecule has 19 heavy (non-hydrogen) atoms. The minimum Gasteiger partial charge on any atom is -0.365 e. The van der Waals surface area contributed by atoms with E-state index >= 15 is 0 Å². The summed E-state index contributed by atoms with van der Waals surface area (Å²) in [5.74, 6) is 0.231. The van der Waals surface area contributed by atoms with E-state index in [1.807, 2.05) is 0 Å². The Bertz CT molecular complexity index is 522. The van der Waals surface area contributed by atoms with Gasteiger partial charge in [0.2, 0.25) is 9.52 Å². The van der Waals surface area contributed by atoms with Crippen LogP contribution in [0.3, 0.4) is 0 Å². The summed E-state index contributed by atoms with van der Waals surface area (Å²) in [6, 6.07) is 3.27. The van der Waals surface area contributed by atoms with E-state index < -0.39 is 9.52 Å². The molecule has 2 rings (SSSR count). The van der Waals surface area contributed by atoms with Crippen LogP contribution in [0.25, 0.3) is 0 Å². The lowest BCUT2D eigenvalue weighted by atomic mass is 10.1. The third kappa shape index (κ3) is 2.82. The third-order valence-corrected chi connectivity index (χ3v) is 4.44. The molecule has 0 radical (unpaired) electrons. The number of hydrogen-bond donors (Lipinski definition) is 1. The van der Waals surface area contributed by atoms with Gasteiger partial charge in [0.15, 0.2) is 5.82 Å². The van der Waals surface area contributed by atoms with E-state index in [-0.39, 0.29) is 12.2 Å². The molecule has 0 spiro atoms. The summed E-state index contributed by atoms with van der Waals surface area (Å²) in [6.45, 7) is 0. The summed E-state index contributed by atoms with van der Waals surface area (Å²) >= 11 is 26.9. The normalized spacial score (nSPS) is 23.7. The van der Waals surface area contributed by atoms with Crippen LogP contribution < -0.4 is 5.01 Å². The fourth-order valence-corrected chi connectivity index (χ4v) is 2.62. The highest BCUT2D eigenvalue weighted by atomic mass is 79.9. The molecule has 0 saturated heterocycles. The lowest BCUT2D eigenvalue weighted by Gasteiger charge is -2.37. The molecular weight excluding hydrogens is 400 g/mol. The Balaban J connectivity index is 2.51. The van der Waals surface area contributed by atoms with Crippen LogP contribution in [0, 0.1) is 0 Å². The van der Waals surface area contributed by atoms with Gasteiger partial charge in [-0.1, -0.05) is 62.3 Å². The largest absolute Gasteiger partial charge is 0.365 e. The fourth-order valence-electron chi connectivity index (χ4n) is 1.67. The second kappa shape index (κ2) is 5.54. The van der Waals surface area contributed by atoms with E-state index in [0.717, 1.165) is 5.01 Å². The van der Waals surface area contributed by atoms with Gasteiger partial charge in [-0.25, -0.2) is 9.99 Å². The summed E-state index contributed by atoms with van der Waals surface area (Å²) in [6.07, 6.45) is 1.59. The highest BCUT2D eigenvalue weighted by Crippen LogP contribution is 2.48. The number of rotatable bonds is 2. The minimum absolute atomic E-state index is 0.0711. The molecule has 0 saturated carbocycles. The molecule has 2 heterocycles. The standard InChI is InChI=1S/C10H8BrCl4N3O/c11-5-6-4-9(19,10(13,14)15)18(17-6)8-7(12)2-1-3-16-8/h1-3,19H,4-5H2. The van der Waals surface area contributed by atoms with Gasteiger partial charge in [-0.05, 0) is 12.1 Å². The third-order valence-electron chi connectivity index (χ3n) is 2.59. The second-order valence-electron chi connectivity index (χ2n) is 3.91. The summed E-state index contributed by atoms with van der Waals surface area (Å²) in [5.41, 5.74) is -1.21. The predicted octanol–water partition coefficient (Wildman–Crippen LogP) is 3.75. The van der Waals surface area contributed by atoms with Gasteiger partial charge in [-0.15, -0.1) is 0 Å². The van der Waals surface area contributed by atoms with Crippen molar-refractivity contribution in [2.75, 3.05) is 10.3 Å². The van der Waals surface area contributed by atoms with E-state index in [0.29, 0.717) is 16.1 Å². The monoisotopic (exact) mass is 405 g/mol. The maximum atomic E-state index is 10.7. The predicted molar refractivity (Wildman–Crippen MR) is 82.8 cm³/mol. The number of aliphatic hydroxyl groups is 1. The molecule has 1 atom stereocenters. The van der Waals surface area contributed by atoms with Gasteiger partial charge in [0.05, 0.1) is 10.7 Å². The average molecular weight is 408 g/mol. The van der Waals surface area contributed by atoms with Crippen molar-refractivity contribution in [3.05, 3.63) is 23.4 Å². The first kappa shape index (κ1) is 15.6. The lowest BCUT2D eigenvalue weighted by Crippen LogP contribution is -2.53. The van der Waals surface area contributed by atoms with Gasteiger partial charge in [-0.3, -0.25) is 0 Å². The van der Waals surface area contributed by atoms with Crippen molar-refractivity contribution >= 4 is 73.9 Å². The van der Waals surface area contributed by atoms with Crippen LogP contribution in [0.4, 0.5) is 5.82 Å². The highest BCUT2D eigenvalue weighted by molar-refractivity contribution is 9.09. The molecule has 0 fully saturated rings. The molecule has 1 aliphatic rings. The number of anilines is 1. The Morgan fingerprint density at radius 3 is 2.68 bits per heavy atom. The van der Waals surface area contributed by atoms with Gasteiger partial charge in [0.1, 0.15) is 0 Å². The van der Waals surface area contributed by atoms with Crippen molar-refractivity contribution < 1.29 is 5.11 Å². The maximum Gasteiger partial charge on any atom is 0.239 e. The summed E-state index contributed by atoms with van der Waals surface area (Å²) in [4.78, 5) is 4.07. The number of pyridine rings is 1. The van der Waals surface area contributed by atoms with E-state index in [9.17, 15) is 5.11 Å². The zero-order valence-corrected chi connectivity index (χ0v) is 13.9. The Morgan fingerprint density at radius 2 is 2.16 bits per heavy atom. The molecule has 4 nitrogen and oxygen atoms in total. The first-order chi connectivity index (χ1) is 8.79. The number of hydrazone groups is 1. The van der Waals surface area contributed by atoms with Gasteiger partial charge in [-0.2, -0.15) is 5.10 Å². The maximum absolute atomic E-state index is 10.7. The molecule has 1 aliphatic heterocycles. The fraction of sp³-hybridized carbons (Fsp3) is 0.400. The first-order valence-electron chi connectivity index (χ1n) is 5.12. The molecule has 1 unspecified atom stereocenters. The highest BCUT2D eigenvalue weighted by Gasteiger charge is 2.56. The number of halogens is 5. The molecule has 104 valence electrons. The molecule has 9 heteroatoms. The van der Waals surface area contributed by atoms with Crippen LogP contribution in [0.15, 0.2) is 23.4 Å². The zero-order valence-electron chi connectivity index (χ0n) is 9.32. The Hall–Kier alpha value is 0.220. The topological polar surface area (TPSA) is 48.7 Å². The molecule has 0 aliphatic carbocycles. The summed E-state index contributed by atoms with van der Waals surface area (Å²) in [5, 5.41) is 16.8. The van der Waals surface area contributed by atoms with Crippen molar-refractivity contribution in [3.8, 4) is 0 Å². The van der Waals surface area contributed by atoms with Crippen LogP contribution in [-0.2, 0) is 0 Å². The Labute approximate surface area is 138 Å². The van der Waals surface area contributed by atoms with Crippen LogP contribution in [0.1, 0.15) is 6.42 Å². The van der Waals surface area contributed by atoms with Crippen molar-refractivity contribution in [2.24, 2.45) is 5.10 Å². The summed E-state index contributed by atoms with van der Waals surface area (Å²) < 4.78 is -1.97. The van der Waals surface area contributed by atoms with Crippen molar-refractivity contribution in [1.29, 1.82) is 0 Å². The molecule has 0 bridgehead atoms. The van der Waals surface area contributed by atoms with Gasteiger partial charge in [0.25, 0.3) is 0 Å². The summed E-state index contributed by atoms with van der Waals surface area (Å²) in [7, 11) is 0. The van der Waals surface area contributed by atoms with Crippen LogP contribution in [-0.4, -0.2) is 30.6 Å². The van der Waals surface area contributed by atoms with Crippen molar-refractivity contribution in [3.63, 3.8) is 0 Å². The SMILES string of the molecule is OC1(C(Cl)(Cl)Cl)CC(CBr)=NN1c1ncccc1Cl. The van der Waals surface area contributed by atoms with E-state index in [1.165, 1.54) is 6.20 Å². The van der Waals surface area contributed by atoms with Crippen LogP contribution >= 0.6 is 62.3 Å². The van der Waals surface area contributed by atoms with E-state index in [4.69, 9.17) is 46.4 Å². The zero-order chi connectivity index (χ0) is 14.3. The molecule has 1 aromatic heterocycles. The van der Waals surface area contributed by atoms with E-state index in [2.05, 4.69) is 26.0 Å². The molecule has 1 N–H and O–H groups in total. The molecule has 0 amide bonds. The second-order valence-corrected chi connectivity index (χ2v) is 7.16. The number of hydrogen-bond acceptors (Lipinski definition) is 4. The first-order valence-corrected chi connectivity index (χ1v) is 7.75. The van der Waals surface area contributed by atoms with Gasteiger partial charge in [0, 0.05) is 17.9 Å². The number of aromatic nitrogens is 1. The van der Waals surface area contributed by atoms with Crippen molar-refractivity contribution in [2.45, 2.75) is 15.9 Å². The number of alkyl halides is 4. The van der Waals surface area contributed by atoms with Gasteiger partial charge >= 0.3 is 0 Å².